The lowest BCUT2D eigenvalue weighted by Gasteiger charge is -2.62. The molecule has 41 heavy (non-hydrogen) atoms. The van der Waals surface area contributed by atoms with Gasteiger partial charge in [-0.05, 0) is 122 Å². The summed E-state index contributed by atoms with van der Waals surface area (Å²) < 4.78 is 7.41. The number of aromatic nitrogens is 1. The van der Waals surface area contributed by atoms with E-state index in [-0.39, 0.29) is 28.9 Å². The molecule has 0 radical (unpaired) electrons. The molecule has 6 rings (SSSR count). The monoisotopic (exact) mass is 564 g/mol. The van der Waals surface area contributed by atoms with Crippen molar-refractivity contribution >= 4 is 22.5 Å². The average Bonchev–Trinajstić information content (AvgIpc) is 3.54. The van der Waals surface area contributed by atoms with E-state index in [1.807, 2.05) is 12.1 Å². The molecule has 226 valence electrons. The maximum atomic E-state index is 13.2. The fourth-order valence-corrected chi connectivity index (χ4v) is 10.6. The summed E-state index contributed by atoms with van der Waals surface area (Å²) in [6, 6.07) is 8.16. The summed E-state index contributed by atoms with van der Waals surface area (Å²) in [5.41, 5.74) is 2.18. The van der Waals surface area contributed by atoms with E-state index in [4.69, 9.17) is 4.74 Å². The molecule has 6 heteroatoms. The van der Waals surface area contributed by atoms with Crippen LogP contribution in [0.3, 0.4) is 0 Å². The number of benzene rings is 1. The Hall–Kier alpha value is -1.89. The van der Waals surface area contributed by atoms with Crippen molar-refractivity contribution in [3.8, 4) is 0 Å². The molecule has 1 aromatic heterocycles. The van der Waals surface area contributed by atoms with Crippen LogP contribution in [0, 0.1) is 46.3 Å². The van der Waals surface area contributed by atoms with E-state index in [9.17, 15) is 15.0 Å². The van der Waals surface area contributed by atoms with E-state index in [2.05, 4.69) is 49.0 Å². The fraction of sp³-hybridized carbons (Fsp3) is 0.743. The van der Waals surface area contributed by atoms with Crippen LogP contribution in [0.4, 0.5) is 5.69 Å². The largest absolute Gasteiger partial charge is 0.393 e. The second-order valence-corrected chi connectivity index (χ2v) is 14.7. The van der Waals surface area contributed by atoms with Gasteiger partial charge in [-0.25, -0.2) is 0 Å². The number of hydrogen-bond donors (Lipinski definition) is 3. The molecule has 0 bridgehead atoms. The third kappa shape index (κ3) is 4.96. The summed E-state index contributed by atoms with van der Waals surface area (Å²) >= 11 is 0. The van der Waals surface area contributed by atoms with Gasteiger partial charge in [0.1, 0.15) is 0 Å². The highest BCUT2D eigenvalue weighted by Gasteiger charge is 2.63. The smallest absolute Gasteiger partial charge is 0.224 e. The fourth-order valence-electron chi connectivity index (χ4n) is 10.6. The van der Waals surface area contributed by atoms with E-state index in [0.717, 1.165) is 61.7 Å². The van der Waals surface area contributed by atoms with E-state index >= 15 is 0 Å². The number of anilines is 1. The van der Waals surface area contributed by atoms with Crippen LogP contribution in [-0.4, -0.2) is 46.6 Å². The number of amides is 1. The Labute approximate surface area is 246 Å². The van der Waals surface area contributed by atoms with Crippen molar-refractivity contribution in [1.82, 2.24) is 4.57 Å². The Balaban J connectivity index is 1.10. The zero-order chi connectivity index (χ0) is 28.9. The summed E-state index contributed by atoms with van der Waals surface area (Å²) in [5, 5.41) is 26.5. The van der Waals surface area contributed by atoms with Gasteiger partial charge in [0.15, 0.2) is 0 Å². The molecule has 1 amide bonds. The molecule has 10 atom stereocenters. The lowest BCUT2D eigenvalue weighted by Crippen LogP contribution is -2.58. The number of methoxy groups -OCH3 is 1. The van der Waals surface area contributed by atoms with Crippen LogP contribution in [0.5, 0.6) is 0 Å². The van der Waals surface area contributed by atoms with Crippen LogP contribution in [0.15, 0.2) is 30.5 Å². The van der Waals surface area contributed by atoms with Gasteiger partial charge in [0.25, 0.3) is 0 Å². The Morgan fingerprint density at radius 3 is 2.73 bits per heavy atom. The second-order valence-electron chi connectivity index (χ2n) is 14.7. The lowest BCUT2D eigenvalue weighted by molar-refractivity contribution is -0.174. The molecule has 1 aromatic carbocycles. The number of carbonyl (C=O) groups is 1. The first kappa shape index (κ1) is 29.2. The van der Waals surface area contributed by atoms with Crippen LogP contribution < -0.4 is 5.32 Å². The van der Waals surface area contributed by atoms with Gasteiger partial charge in [-0.15, -0.1) is 0 Å². The van der Waals surface area contributed by atoms with E-state index in [0.29, 0.717) is 48.5 Å². The number of hydrogen-bond acceptors (Lipinski definition) is 4. The predicted octanol–water partition coefficient (Wildman–Crippen LogP) is 6.63. The summed E-state index contributed by atoms with van der Waals surface area (Å²) in [7, 11) is 1.71. The predicted molar refractivity (Wildman–Crippen MR) is 163 cm³/mol. The molecule has 0 spiro atoms. The van der Waals surface area contributed by atoms with E-state index in [1.54, 1.807) is 7.11 Å². The molecule has 0 unspecified atom stereocenters. The molecule has 0 aliphatic heterocycles. The van der Waals surface area contributed by atoms with Crippen LogP contribution >= 0.6 is 0 Å². The lowest BCUT2D eigenvalue weighted by atomic mass is 9.43. The SMILES string of the molecule is COCCn1ccc2c(NC(=O)CC[C@@H](C)[C@H]3CC[C@H]4[C@@H]5CC[C@@H]6C[C@H](O)CC[C@]6(C)[C@H]5C[C@H](O)[C@]34C)cccc21. The number of ether oxygens (including phenoxy) is 1. The van der Waals surface area contributed by atoms with Gasteiger partial charge in [0, 0.05) is 31.7 Å². The number of nitrogens with one attached hydrogen (secondary N) is 1. The average molecular weight is 565 g/mol. The third-order valence-electron chi connectivity index (χ3n) is 13.0. The van der Waals surface area contributed by atoms with Crippen molar-refractivity contribution in [2.45, 2.75) is 104 Å². The highest BCUT2D eigenvalue weighted by molar-refractivity contribution is 6.01. The quantitative estimate of drug-likeness (QED) is 0.336. The maximum Gasteiger partial charge on any atom is 0.224 e. The van der Waals surface area contributed by atoms with Gasteiger partial charge in [-0.2, -0.15) is 0 Å². The minimum atomic E-state index is -0.278. The Kier molecular flexibility index (Phi) is 8.06. The molecular weight excluding hydrogens is 512 g/mol. The molecule has 1 heterocycles. The van der Waals surface area contributed by atoms with Crippen molar-refractivity contribution in [2.24, 2.45) is 46.3 Å². The first-order chi connectivity index (χ1) is 19.7. The normalized spacial score (nSPS) is 39.1. The van der Waals surface area contributed by atoms with Crippen LogP contribution in [0.25, 0.3) is 10.9 Å². The van der Waals surface area contributed by atoms with Gasteiger partial charge < -0.3 is 24.8 Å². The summed E-state index contributed by atoms with van der Waals surface area (Å²) in [6.07, 6.45) is 11.8. The first-order valence-electron chi connectivity index (χ1n) is 16.4. The van der Waals surface area contributed by atoms with Gasteiger partial charge in [-0.1, -0.05) is 26.8 Å². The van der Waals surface area contributed by atoms with Crippen molar-refractivity contribution in [3.63, 3.8) is 0 Å². The molecule has 4 saturated carbocycles. The molecule has 4 aliphatic rings. The number of rotatable bonds is 8. The van der Waals surface area contributed by atoms with Gasteiger partial charge >= 0.3 is 0 Å². The number of carbonyl (C=O) groups excluding carboxylic acids is 1. The molecule has 6 nitrogen and oxygen atoms in total. The molecule has 4 aliphatic carbocycles. The number of fused-ring (bicyclic) bond motifs is 6. The summed E-state index contributed by atoms with van der Waals surface area (Å²) in [6.45, 7) is 8.63. The van der Waals surface area contributed by atoms with Gasteiger partial charge in [-0.3, -0.25) is 4.79 Å². The molecule has 2 aromatic rings. The van der Waals surface area contributed by atoms with Crippen LogP contribution in [0.2, 0.25) is 0 Å². The summed E-state index contributed by atoms with van der Waals surface area (Å²) in [5.74, 6) is 3.36. The highest BCUT2D eigenvalue weighted by Crippen LogP contribution is 2.68. The maximum absolute atomic E-state index is 13.2. The summed E-state index contributed by atoms with van der Waals surface area (Å²) in [4.78, 5) is 13.2. The van der Waals surface area contributed by atoms with Crippen molar-refractivity contribution in [1.29, 1.82) is 0 Å². The highest BCUT2D eigenvalue weighted by atomic mass is 16.5. The Morgan fingerprint density at radius 1 is 1.10 bits per heavy atom. The Bertz CT molecular complexity index is 1240. The minimum Gasteiger partial charge on any atom is -0.393 e. The van der Waals surface area contributed by atoms with E-state index < -0.39 is 0 Å². The topological polar surface area (TPSA) is 83.7 Å². The van der Waals surface area contributed by atoms with Gasteiger partial charge in [0.2, 0.25) is 5.91 Å². The van der Waals surface area contributed by atoms with E-state index in [1.165, 1.54) is 19.3 Å². The standard InChI is InChI=1S/C35H52N2O4/c1-22(8-13-33(40)36-30-6-5-7-31-26(30)15-17-37(31)18-19-41-4)27-11-12-28-25-10-9-23-20-24(38)14-16-34(23,2)29(25)21-32(39)35(27,28)3/h5-7,15,17,22-25,27-29,32,38-39H,8-14,16,18-21H2,1-4H3,(H,36,40)/t22-,23-,24-,25+,27-,28+,29+,32+,34+,35-/m1/s1. The molecule has 4 fully saturated rings. The molecular formula is C35H52N2O4. The van der Waals surface area contributed by atoms with Crippen molar-refractivity contribution < 1.29 is 19.7 Å². The second kappa shape index (κ2) is 11.3. The first-order valence-corrected chi connectivity index (χ1v) is 16.4. The van der Waals surface area contributed by atoms with Crippen LogP contribution in [-0.2, 0) is 16.1 Å². The van der Waals surface area contributed by atoms with Crippen molar-refractivity contribution in [2.75, 3.05) is 19.0 Å². The third-order valence-corrected chi connectivity index (χ3v) is 13.0. The minimum absolute atomic E-state index is 0.0643. The number of aliphatic hydroxyl groups is 2. The molecule has 0 saturated heterocycles. The van der Waals surface area contributed by atoms with Crippen molar-refractivity contribution in [3.05, 3.63) is 30.5 Å². The van der Waals surface area contributed by atoms with Gasteiger partial charge in [0.05, 0.1) is 30.0 Å². The molecule has 3 N–H and O–H groups in total. The van der Waals surface area contributed by atoms with Crippen LogP contribution in [0.1, 0.15) is 85.0 Å². The number of aliphatic hydroxyl groups excluding tert-OH is 2. The Morgan fingerprint density at radius 2 is 1.93 bits per heavy atom. The number of nitrogens with zero attached hydrogens (tertiary/aromatic N) is 1. The zero-order valence-corrected chi connectivity index (χ0v) is 25.6. The zero-order valence-electron chi connectivity index (χ0n) is 25.6.